The highest BCUT2D eigenvalue weighted by atomic mass is 16.6. The summed E-state index contributed by atoms with van der Waals surface area (Å²) in [4.78, 5) is 23.5. The van der Waals surface area contributed by atoms with Crippen molar-refractivity contribution in [2.24, 2.45) is 0 Å². The average molecular weight is 235 g/mol. The molecule has 17 heavy (non-hydrogen) atoms. The van der Waals surface area contributed by atoms with E-state index >= 15 is 0 Å². The summed E-state index contributed by atoms with van der Waals surface area (Å²) in [5.41, 5.74) is 0.962. The standard InChI is InChI=1S/C12H13NO4/c14-11(15)6-7-13-10(8-17-12(13)16)9-4-2-1-3-5-9/h1-5,10H,6-8H2,(H,14,15). The van der Waals surface area contributed by atoms with Gasteiger partial charge in [-0.05, 0) is 5.56 Å². The Balaban J connectivity index is 2.11. The molecule has 0 saturated carbocycles. The van der Waals surface area contributed by atoms with E-state index in [2.05, 4.69) is 0 Å². The van der Waals surface area contributed by atoms with Gasteiger partial charge in [-0.25, -0.2) is 4.79 Å². The summed E-state index contributed by atoms with van der Waals surface area (Å²) in [6, 6.07) is 9.29. The number of amides is 1. The Morgan fingerprint density at radius 3 is 2.76 bits per heavy atom. The highest BCUT2D eigenvalue weighted by Gasteiger charge is 2.33. The van der Waals surface area contributed by atoms with Gasteiger partial charge in [-0.3, -0.25) is 9.69 Å². The molecule has 1 N–H and O–H groups in total. The molecule has 5 heteroatoms. The quantitative estimate of drug-likeness (QED) is 0.861. The number of ether oxygens (including phenoxy) is 1. The van der Waals surface area contributed by atoms with Crippen molar-refractivity contribution in [2.45, 2.75) is 12.5 Å². The van der Waals surface area contributed by atoms with Gasteiger partial charge in [0, 0.05) is 6.54 Å². The average Bonchev–Trinajstić information content (AvgIpc) is 2.69. The third kappa shape index (κ3) is 2.55. The van der Waals surface area contributed by atoms with Crippen LogP contribution in [0.4, 0.5) is 4.79 Å². The number of carboxylic acid groups (broad SMARTS) is 1. The van der Waals surface area contributed by atoms with E-state index in [1.54, 1.807) is 0 Å². The Morgan fingerprint density at radius 2 is 2.12 bits per heavy atom. The van der Waals surface area contributed by atoms with Crippen LogP contribution in [0.3, 0.4) is 0 Å². The summed E-state index contributed by atoms with van der Waals surface area (Å²) in [5.74, 6) is -0.920. The van der Waals surface area contributed by atoms with Crippen molar-refractivity contribution >= 4 is 12.1 Å². The first-order valence-electron chi connectivity index (χ1n) is 5.38. The van der Waals surface area contributed by atoms with Gasteiger partial charge in [-0.15, -0.1) is 0 Å². The molecule has 1 aromatic rings. The van der Waals surface area contributed by atoms with Gasteiger partial charge in [0.2, 0.25) is 0 Å². The van der Waals surface area contributed by atoms with Gasteiger partial charge in [-0.2, -0.15) is 0 Å². The molecule has 2 rings (SSSR count). The van der Waals surface area contributed by atoms with E-state index in [4.69, 9.17) is 9.84 Å². The minimum absolute atomic E-state index is 0.0710. The lowest BCUT2D eigenvalue weighted by Gasteiger charge is -2.20. The molecule has 1 saturated heterocycles. The third-order valence-corrected chi connectivity index (χ3v) is 2.73. The molecular formula is C12H13NO4. The lowest BCUT2D eigenvalue weighted by molar-refractivity contribution is -0.137. The van der Waals surface area contributed by atoms with Crippen LogP contribution in [-0.4, -0.2) is 35.2 Å². The Kier molecular flexibility index (Phi) is 3.27. The lowest BCUT2D eigenvalue weighted by Crippen LogP contribution is -2.29. The van der Waals surface area contributed by atoms with Crippen molar-refractivity contribution in [3.05, 3.63) is 35.9 Å². The second-order valence-electron chi connectivity index (χ2n) is 3.84. The predicted molar refractivity (Wildman–Crippen MR) is 59.5 cm³/mol. The Hall–Kier alpha value is -2.04. The zero-order valence-corrected chi connectivity index (χ0v) is 9.20. The van der Waals surface area contributed by atoms with Gasteiger partial charge in [0.25, 0.3) is 0 Å². The highest BCUT2D eigenvalue weighted by molar-refractivity contribution is 5.72. The topological polar surface area (TPSA) is 66.8 Å². The molecule has 1 heterocycles. The minimum Gasteiger partial charge on any atom is -0.481 e. The summed E-state index contributed by atoms with van der Waals surface area (Å²) in [6.45, 7) is 0.455. The smallest absolute Gasteiger partial charge is 0.410 e. The van der Waals surface area contributed by atoms with Crippen LogP contribution in [0.2, 0.25) is 0 Å². The zero-order valence-electron chi connectivity index (χ0n) is 9.20. The first-order chi connectivity index (χ1) is 8.18. The first-order valence-corrected chi connectivity index (χ1v) is 5.38. The van der Waals surface area contributed by atoms with Gasteiger partial charge in [-0.1, -0.05) is 30.3 Å². The van der Waals surface area contributed by atoms with Crippen molar-refractivity contribution in [3.8, 4) is 0 Å². The predicted octanol–water partition coefficient (Wildman–Crippen LogP) is 1.65. The molecule has 0 aliphatic carbocycles. The van der Waals surface area contributed by atoms with Crippen molar-refractivity contribution in [1.82, 2.24) is 4.90 Å². The fraction of sp³-hybridized carbons (Fsp3) is 0.333. The van der Waals surface area contributed by atoms with E-state index in [1.165, 1.54) is 4.90 Å². The van der Waals surface area contributed by atoms with Crippen molar-refractivity contribution in [2.75, 3.05) is 13.2 Å². The fourth-order valence-corrected chi connectivity index (χ4v) is 1.86. The van der Waals surface area contributed by atoms with Crippen LogP contribution < -0.4 is 0 Å². The molecule has 1 aliphatic heterocycles. The molecule has 1 aliphatic rings. The van der Waals surface area contributed by atoms with Crippen molar-refractivity contribution in [3.63, 3.8) is 0 Å². The van der Waals surface area contributed by atoms with Crippen LogP contribution in [0.1, 0.15) is 18.0 Å². The van der Waals surface area contributed by atoms with E-state index in [0.717, 1.165) is 5.56 Å². The molecule has 0 bridgehead atoms. The number of carbonyl (C=O) groups excluding carboxylic acids is 1. The normalized spacial score (nSPS) is 19.2. The zero-order chi connectivity index (χ0) is 12.3. The lowest BCUT2D eigenvalue weighted by atomic mass is 10.1. The molecular weight excluding hydrogens is 222 g/mol. The number of rotatable bonds is 4. The Morgan fingerprint density at radius 1 is 1.41 bits per heavy atom. The second-order valence-corrected chi connectivity index (χ2v) is 3.84. The largest absolute Gasteiger partial charge is 0.481 e. The van der Waals surface area contributed by atoms with E-state index in [9.17, 15) is 9.59 Å². The van der Waals surface area contributed by atoms with Crippen LogP contribution in [-0.2, 0) is 9.53 Å². The maximum atomic E-state index is 11.5. The summed E-state index contributed by atoms with van der Waals surface area (Å²) in [6.07, 6.45) is -0.515. The summed E-state index contributed by atoms with van der Waals surface area (Å²) in [7, 11) is 0. The number of carbonyl (C=O) groups is 2. The maximum Gasteiger partial charge on any atom is 0.410 e. The van der Waals surface area contributed by atoms with Gasteiger partial charge in [0.05, 0.1) is 12.5 Å². The Labute approximate surface area is 98.6 Å². The van der Waals surface area contributed by atoms with Crippen LogP contribution >= 0.6 is 0 Å². The molecule has 0 aromatic heterocycles. The number of benzene rings is 1. The maximum absolute atomic E-state index is 11.5. The number of nitrogens with zero attached hydrogens (tertiary/aromatic N) is 1. The van der Waals surface area contributed by atoms with Gasteiger partial charge in [0.1, 0.15) is 6.61 Å². The molecule has 1 fully saturated rings. The van der Waals surface area contributed by atoms with E-state index in [0.29, 0.717) is 0 Å². The number of carboxylic acids is 1. The van der Waals surface area contributed by atoms with Crippen LogP contribution in [0.5, 0.6) is 0 Å². The van der Waals surface area contributed by atoms with Crippen molar-refractivity contribution < 1.29 is 19.4 Å². The monoisotopic (exact) mass is 235 g/mol. The van der Waals surface area contributed by atoms with Crippen LogP contribution in [0, 0.1) is 0 Å². The summed E-state index contributed by atoms with van der Waals surface area (Å²) >= 11 is 0. The number of hydrogen-bond donors (Lipinski definition) is 1. The Bertz CT molecular complexity index is 418. The molecule has 0 radical (unpaired) electrons. The van der Waals surface area contributed by atoms with E-state index in [-0.39, 0.29) is 25.6 Å². The molecule has 1 aromatic carbocycles. The minimum atomic E-state index is -0.920. The van der Waals surface area contributed by atoms with E-state index < -0.39 is 12.1 Å². The molecule has 0 spiro atoms. The number of aliphatic carboxylic acids is 1. The third-order valence-electron chi connectivity index (χ3n) is 2.73. The second kappa shape index (κ2) is 4.86. The van der Waals surface area contributed by atoms with Crippen molar-refractivity contribution in [1.29, 1.82) is 0 Å². The summed E-state index contributed by atoms with van der Waals surface area (Å²) in [5, 5.41) is 8.64. The van der Waals surface area contributed by atoms with Crippen LogP contribution in [0.25, 0.3) is 0 Å². The van der Waals surface area contributed by atoms with Crippen LogP contribution in [0.15, 0.2) is 30.3 Å². The molecule has 5 nitrogen and oxygen atoms in total. The molecule has 1 atom stereocenters. The highest BCUT2D eigenvalue weighted by Crippen LogP contribution is 2.27. The SMILES string of the molecule is O=C(O)CCN1C(=O)OCC1c1ccccc1. The molecule has 1 amide bonds. The number of hydrogen-bond acceptors (Lipinski definition) is 3. The fourth-order valence-electron chi connectivity index (χ4n) is 1.86. The van der Waals surface area contributed by atoms with E-state index in [1.807, 2.05) is 30.3 Å². The molecule has 1 unspecified atom stereocenters. The van der Waals surface area contributed by atoms with Gasteiger partial charge < -0.3 is 9.84 Å². The van der Waals surface area contributed by atoms with Gasteiger partial charge in [0.15, 0.2) is 0 Å². The number of cyclic esters (lactones) is 1. The van der Waals surface area contributed by atoms with Gasteiger partial charge >= 0.3 is 12.1 Å². The first kappa shape index (κ1) is 11.4. The molecule has 90 valence electrons. The summed E-state index contributed by atoms with van der Waals surface area (Å²) < 4.78 is 4.96.